The summed E-state index contributed by atoms with van der Waals surface area (Å²) in [5, 5.41) is 3.25. The molecular formula is C13H21BrN2O. The number of piperidine rings is 1. The maximum Gasteiger partial charge on any atom is 0.169 e. The molecule has 1 aliphatic heterocycles. The van der Waals surface area contributed by atoms with Crippen molar-refractivity contribution in [1.82, 2.24) is 10.2 Å². The Bertz CT molecular complexity index is 340. The molecule has 3 nitrogen and oxygen atoms in total. The van der Waals surface area contributed by atoms with Crippen LogP contribution in [0.3, 0.4) is 0 Å². The van der Waals surface area contributed by atoms with Crippen molar-refractivity contribution in [3.8, 4) is 0 Å². The van der Waals surface area contributed by atoms with Crippen molar-refractivity contribution in [3.63, 3.8) is 0 Å². The highest BCUT2D eigenvalue weighted by molar-refractivity contribution is 9.10. The Kier molecular flexibility index (Phi) is 5.07. The lowest BCUT2D eigenvalue weighted by Gasteiger charge is -2.35. The molecule has 96 valence electrons. The Morgan fingerprint density at radius 1 is 1.47 bits per heavy atom. The van der Waals surface area contributed by atoms with Gasteiger partial charge in [0, 0.05) is 6.04 Å². The van der Waals surface area contributed by atoms with Gasteiger partial charge in [-0.25, -0.2) is 0 Å². The van der Waals surface area contributed by atoms with E-state index >= 15 is 0 Å². The molecule has 4 heteroatoms. The number of furan rings is 1. The molecule has 2 heterocycles. The molecule has 17 heavy (non-hydrogen) atoms. The summed E-state index contributed by atoms with van der Waals surface area (Å²) < 4.78 is 6.43. The van der Waals surface area contributed by atoms with Crippen LogP contribution < -0.4 is 5.32 Å². The maximum absolute atomic E-state index is 5.60. The zero-order chi connectivity index (χ0) is 12.1. The van der Waals surface area contributed by atoms with Crippen LogP contribution in [0.15, 0.2) is 21.2 Å². The molecule has 0 aliphatic carbocycles. The number of hydrogen-bond acceptors (Lipinski definition) is 3. The first-order chi connectivity index (χ1) is 8.29. The smallest absolute Gasteiger partial charge is 0.169 e. The lowest BCUT2D eigenvalue weighted by Crippen LogP contribution is -2.40. The molecule has 1 fully saturated rings. The summed E-state index contributed by atoms with van der Waals surface area (Å²) in [6, 6.07) is 4.75. The third-order valence-corrected chi connectivity index (χ3v) is 3.89. The summed E-state index contributed by atoms with van der Waals surface area (Å²) in [5.41, 5.74) is 0. The average Bonchev–Trinajstić information content (AvgIpc) is 2.74. The Balaban J connectivity index is 1.91. The Hall–Kier alpha value is -0.320. The monoisotopic (exact) mass is 300 g/mol. The summed E-state index contributed by atoms with van der Waals surface area (Å²) in [7, 11) is 2.02. The van der Waals surface area contributed by atoms with E-state index in [0.717, 1.165) is 23.5 Å². The maximum atomic E-state index is 5.60. The molecule has 0 spiro atoms. The van der Waals surface area contributed by atoms with Crippen LogP contribution in [0.4, 0.5) is 0 Å². The van der Waals surface area contributed by atoms with Crippen LogP contribution in [0.1, 0.15) is 31.4 Å². The fourth-order valence-corrected chi connectivity index (χ4v) is 2.88. The highest BCUT2D eigenvalue weighted by atomic mass is 79.9. The van der Waals surface area contributed by atoms with Gasteiger partial charge >= 0.3 is 0 Å². The number of halogens is 1. The van der Waals surface area contributed by atoms with Crippen LogP contribution in [0, 0.1) is 0 Å². The average molecular weight is 301 g/mol. The van der Waals surface area contributed by atoms with Crippen molar-refractivity contribution >= 4 is 15.9 Å². The Morgan fingerprint density at radius 2 is 2.35 bits per heavy atom. The van der Waals surface area contributed by atoms with E-state index in [2.05, 4.69) is 32.2 Å². The minimum Gasteiger partial charge on any atom is -0.453 e. The number of likely N-dealkylation sites (tertiary alicyclic amines) is 1. The zero-order valence-corrected chi connectivity index (χ0v) is 12.0. The summed E-state index contributed by atoms with van der Waals surface area (Å²) >= 11 is 3.36. The largest absolute Gasteiger partial charge is 0.453 e. The summed E-state index contributed by atoms with van der Waals surface area (Å²) in [6.45, 7) is 3.25. The van der Waals surface area contributed by atoms with Gasteiger partial charge in [0.05, 0.1) is 6.54 Å². The van der Waals surface area contributed by atoms with Gasteiger partial charge in [-0.05, 0) is 67.5 Å². The van der Waals surface area contributed by atoms with Crippen LogP contribution in [0.2, 0.25) is 0 Å². The normalized spacial score (nSPS) is 21.9. The molecule has 1 N–H and O–H groups in total. The number of rotatable bonds is 5. The third-order valence-electron chi connectivity index (χ3n) is 3.46. The molecule has 1 aliphatic rings. The molecule has 0 bridgehead atoms. The van der Waals surface area contributed by atoms with Gasteiger partial charge in [-0.15, -0.1) is 0 Å². The van der Waals surface area contributed by atoms with E-state index in [1.54, 1.807) is 0 Å². The molecule has 0 saturated carbocycles. The van der Waals surface area contributed by atoms with Crippen LogP contribution in [0.5, 0.6) is 0 Å². The summed E-state index contributed by atoms with van der Waals surface area (Å²) in [5.74, 6) is 1.06. The predicted molar refractivity (Wildman–Crippen MR) is 73.0 cm³/mol. The second-order valence-electron chi connectivity index (χ2n) is 4.72. The highest BCUT2D eigenvalue weighted by Gasteiger charge is 2.22. The second kappa shape index (κ2) is 6.57. The summed E-state index contributed by atoms with van der Waals surface area (Å²) in [4.78, 5) is 2.56. The first-order valence-electron chi connectivity index (χ1n) is 6.42. The summed E-state index contributed by atoms with van der Waals surface area (Å²) in [6.07, 6.45) is 5.24. The SMILES string of the molecule is CNCCC1CCCCN1Cc1ccc(Br)o1. The van der Waals surface area contributed by atoms with Gasteiger partial charge in [-0.3, -0.25) is 4.90 Å². The van der Waals surface area contributed by atoms with Gasteiger partial charge in [-0.2, -0.15) is 0 Å². The van der Waals surface area contributed by atoms with E-state index in [-0.39, 0.29) is 0 Å². The van der Waals surface area contributed by atoms with E-state index in [4.69, 9.17) is 4.42 Å². The molecule has 1 aromatic heterocycles. The molecular weight excluding hydrogens is 280 g/mol. The van der Waals surface area contributed by atoms with Crippen LogP contribution >= 0.6 is 15.9 Å². The fourth-order valence-electron chi connectivity index (χ4n) is 2.54. The van der Waals surface area contributed by atoms with E-state index in [9.17, 15) is 0 Å². The predicted octanol–water partition coefficient (Wildman–Crippen LogP) is 3.01. The van der Waals surface area contributed by atoms with Gasteiger partial charge in [0.15, 0.2) is 4.67 Å². The van der Waals surface area contributed by atoms with Crippen molar-refractivity contribution in [2.24, 2.45) is 0 Å². The first-order valence-corrected chi connectivity index (χ1v) is 7.22. The van der Waals surface area contributed by atoms with Crippen molar-refractivity contribution < 1.29 is 4.42 Å². The molecule has 1 atom stereocenters. The minimum absolute atomic E-state index is 0.708. The van der Waals surface area contributed by atoms with Gasteiger partial charge < -0.3 is 9.73 Å². The van der Waals surface area contributed by atoms with Crippen LogP contribution in [-0.4, -0.2) is 31.1 Å². The van der Waals surface area contributed by atoms with Crippen molar-refractivity contribution in [2.75, 3.05) is 20.1 Å². The number of nitrogens with one attached hydrogen (secondary N) is 1. The van der Waals surface area contributed by atoms with Crippen molar-refractivity contribution in [2.45, 2.75) is 38.3 Å². The Morgan fingerprint density at radius 3 is 3.06 bits per heavy atom. The quantitative estimate of drug-likeness (QED) is 0.906. The first kappa shape index (κ1) is 13.1. The van der Waals surface area contributed by atoms with Gasteiger partial charge in [0.1, 0.15) is 5.76 Å². The lowest BCUT2D eigenvalue weighted by atomic mass is 9.99. The van der Waals surface area contributed by atoms with E-state index in [1.165, 1.54) is 32.2 Å². The van der Waals surface area contributed by atoms with Crippen LogP contribution in [0.25, 0.3) is 0 Å². The molecule has 2 rings (SSSR count). The van der Waals surface area contributed by atoms with E-state index in [0.29, 0.717) is 6.04 Å². The third kappa shape index (κ3) is 3.83. The van der Waals surface area contributed by atoms with Gasteiger partial charge in [0.2, 0.25) is 0 Å². The van der Waals surface area contributed by atoms with Crippen molar-refractivity contribution in [3.05, 3.63) is 22.6 Å². The Labute approximate surface area is 112 Å². The molecule has 1 unspecified atom stereocenters. The molecule has 0 amide bonds. The molecule has 1 saturated heterocycles. The van der Waals surface area contributed by atoms with Gasteiger partial charge in [-0.1, -0.05) is 6.42 Å². The molecule has 0 aromatic carbocycles. The van der Waals surface area contributed by atoms with Crippen LogP contribution in [-0.2, 0) is 6.54 Å². The topological polar surface area (TPSA) is 28.4 Å². The van der Waals surface area contributed by atoms with Gasteiger partial charge in [0.25, 0.3) is 0 Å². The molecule has 0 radical (unpaired) electrons. The van der Waals surface area contributed by atoms with E-state index < -0.39 is 0 Å². The molecule has 1 aromatic rings. The van der Waals surface area contributed by atoms with Crippen molar-refractivity contribution in [1.29, 1.82) is 0 Å². The highest BCUT2D eigenvalue weighted by Crippen LogP contribution is 2.23. The van der Waals surface area contributed by atoms with E-state index in [1.807, 2.05) is 13.1 Å². The standard InChI is InChI=1S/C13H21BrN2O/c1-15-8-7-11-4-2-3-9-16(11)10-12-5-6-13(14)17-12/h5-6,11,15H,2-4,7-10H2,1H3. The fraction of sp³-hybridized carbons (Fsp3) is 0.692. The lowest BCUT2D eigenvalue weighted by molar-refractivity contribution is 0.122. The second-order valence-corrected chi connectivity index (χ2v) is 5.50. The number of nitrogens with zero attached hydrogens (tertiary/aromatic N) is 1. The number of hydrogen-bond donors (Lipinski definition) is 1. The zero-order valence-electron chi connectivity index (χ0n) is 10.4. The minimum atomic E-state index is 0.708.